The van der Waals surface area contributed by atoms with Crippen molar-refractivity contribution in [1.82, 2.24) is 9.62 Å². The van der Waals surface area contributed by atoms with Gasteiger partial charge in [-0.2, -0.15) is 4.31 Å². The van der Waals surface area contributed by atoms with Gasteiger partial charge in [0.05, 0.1) is 10.5 Å². The lowest BCUT2D eigenvalue weighted by atomic mass is 9.96. The number of hydrogen-bond donors (Lipinski definition) is 2. The van der Waals surface area contributed by atoms with Gasteiger partial charge in [0.15, 0.2) is 0 Å². The number of carbonyl (C=O) groups excluding carboxylic acids is 2. The van der Waals surface area contributed by atoms with Gasteiger partial charge in [-0.15, -0.1) is 0 Å². The van der Waals surface area contributed by atoms with Crippen molar-refractivity contribution in [2.75, 3.05) is 18.4 Å². The first-order valence-electron chi connectivity index (χ1n) is 11.1. The monoisotopic (exact) mass is 471 g/mol. The number of piperidine rings is 1. The van der Waals surface area contributed by atoms with Crippen LogP contribution in [0.2, 0.25) is 0 Å². The first-order valence-corrected chi connectivity index (χ1v) is 12.6. The molecule has 2 atom stereocenters. The molecule has 0 aliphatic carbocycles. The predicted octanol–water partition coefficient (Wildman–Crippen LogP) is 3.11. The fraction of sp³-hybridized carbons (Fsp3) is 0.417. The molecule has 9 heteroatoms. The van der Waals surface area contributed by atoms with E-state index < -0.39 is 10.0 Å². The van der Waals surface area contributed by atoms with Crippen molar-refractivity contribution in [3.63, 3.8) is 0 Å². The number of benzene rings is 2. The molecule has 2 aromatic carbocycles. The number of para-hydroxylation sites is 1. The van der Waals surface area contributed by atoms with Gasteiger partial charge in [-0.05, 0) is 50.1 Å². The van der Waals surface area contributed by atoms with Crippen molar-refractivity contribution in [3.8, 4) is 5.75 Å². The van der Waals surface area contributed by atoms with Crippen molar-refractivity contribution in [3.05, 3.63) is 53.6 Å². The van der Waals surface area contributed by atoms with Gasteiger partial charge in [-0.3, -0.25) is 9.59 Å². The van der Waals surface area contributed by atoms with Crippen LogP contribution in [0.4, 0.5) is 5.69 Å². The standard InChI is InChI=1S/C24H29N3O5S/c1-15-16(2)32-23-21(15)5-4-6-22(23)24(29)26-19-11-13-27(14-12-19)33(30,31)20-9-7-18(8-10-20)25-17(3)28/h4-10,15-16,19H,11-14H2,1-3H3,(H,25,28)(H,26,29). The Morgan fingerprint density at radius 1 is 1.03 bits per heavy atom. The third kappa shape index (κ3) is 4.74. The van der Waals surface area contributed by atoms with Gasteiger partial charge in [-0.25, -0.2) is 8.42 Å². The largest absolute Gasteiger partial charge is 0.489 e. The molecule has 1 fully saturated rings. The van der Waals surface area contributed by atoms with Crippen LogP contribution < -0.4 is 15.4 Å². The molecule has 176 valence electrons. The van der Waals surface area contributed by atoms with E-state index >= 15 is 0 Å². The molecule has 1 saturated heterocycles. The smallest absolute Gasteiger partial charge is 0.255 e. The Balaban J connectivity index is 1.37. The molecule has 0 radical (unpaired) electrons. The van der Waals surface area contributed by atoms with Gasteiger partial charge in [0.1, 0.15) is 11.9 Å². The van der Waals surface area contributed by atoms with E-state index in [1.807, 2.05) is 19.1 Å². The average molecular weight is 472 g/mol. The van der Waals surface area contributed by atoms with Crippen LogP contribution in [0.1, 0.15) is 55.5 Å². The van der Waals surface area contributed by atoms with Crippen LogP contribution >= 0.6 is 0 Å². The first kappa shape index (κ1) is 23.3. The van der Waals surface area contributed by atoms with E-state index in [1.54, 1.807) is 18.2 Å². The Morgan fingerprint density at radius 2 is 1.70 bits per heavy atom. The topological polar surface area (TPSA) is 105 Å². The number of nitrogens with one attached hydrogen (secondary N) is 2. The molecule has 0 spiro atoms. The number of sulfonamides is 1. The lowest BCUT2D eigenvalue weighted by Crippen LogP contribution is -2.46. The molecule has 2 heterocycles. The molecule has 0 bridgehead atoms. The molecule has 0 aromatic heterocycles. The van der Waals surface area contributed by atoms with E-state index in [1.165, 1.54) is 23.4 Å². The van der Waals surface area contributed by atoms with Gasteiger partial charge in [0, 0.05) is 43.2 Å². The summed E-state index contributed by atoms with van der Waals surface area (Å²) < 4.78 is 33.4. The highest BCUT2D eigenvalue weighted by atomic mass is 32.2. The summed E-state index contributed by atoms with van der Waals surface area (Å²) in [5.41, 5.74) is 2.11. The maximum atomic E-state index is 13.0. The third-order valence-electron chi connectivity index (χ3n) is 6.39. The van der Waals surface area contributed by atoms with Crippen molar-refractivity contribution in [2.24, 2.45) is 0 Å². The maximum Gasteiger partial charge on any atom is 0.255 e. The molecule has 0 saturated carbocycles. The van der Waals surface area contributed by atoms with Gasteiger partial charge >= 0.3 is 0 Å². The molecular weight excluding hydrogens is 442 g/mol. The lowest BCUT2D eigenvalue weighted by molar-refractivity contribution is -0.114. The van der Waals surface area contributed by atoms with Crippen LogP contribution in [0.25, 0.3) is 0 Å². The van der Waals surface area contributed by atoms with Gasteiger partial charge in [0.2, 0.25) is 15.9 Å². The third-order valence-corrected chi connectivity index (χ3v) is 8.30. The highest BCUT2D eigenvalue weighted by Crippen LogP contribution is 2.40. The number of amides is 2. The van der Waals surface area contributed by atoms with Crippen molar-refractivity contribution in [1.29, 1.82) is 0 Å². The Hall–Kier alpha value is -2.91. The quantitative estimate of drug-likeness (QED) is 0.697. The molecule has 2 unspecified atom stereocenters. The zero-order valence-electron chi connectivity index (χ0n) is 19.0. The number of rotatable bonds is 5. The number of fused-ring (bicyclic) bond motifs is 1. The zero-order valence-corrected chi connectivity index (χ0v) is 19.8. The SMILES string of the molecule is CC(=O)Nc1ccc(S(=O)(=O)N2CCC(NC(=O)c3cccc4c3OC(C)C4C)CC2)cc1. The van der Waals surface area contributed by atoms with E-state index in [0.717, 1.165) is 5.56 Å². The molecule has 33 heavy (non-hydrogen) atoms. The highest BCUT2D eigenvalue weighted by molar-refractivity contribution is 7.89. The second kappa shape index (κ2) is 9.15. The number of anilines is 1. The van der Waals surface area contributed by atoms with E-state index in [9.17, 15) is 18.0 Å². The molecule has 2 aliphatic rings. The van der Waals surface area contributed by atoms with Crippen LogP contribution in [0, 0.1) is 0 Å². The number of nitrogens with zero attached hydrogens (tertiary/aromatic N) is 1. The lowest BCUT2D eigenvalue weighted by Gasteiger charge is -2.31. The minimum Gasteiger partial charge on any atom is -0.489 e. The highest BCUT2D eigenvalue weighted by Gasteiger charge is 2.33. The van der Waals surface area contributed by atoms with Crippen LogP contribution in [-0.2, 0) is 14.8 Å². The van der Waals surface area contributed by atoms with Crippen LogP contribution in [0.5, 0.6) is 5.75 Å². The predicted molar refractivity (Wildman–Crippen MR) is 125 cm³/mol. The summed E-state index contributed by atoms with van der Waals surface area (Å²) in [6.07, 6.45) is 1.07. The fourth-order valence-electron chi connectivity index (χ4n) is 4.33. The Labute approximate surface area is 194 Å². The maximum absolute atomic E-state index is 13.0. The van der Waals surface area contributed by atoms with Crippen molar-refractivity contribution < 1.29 is 22.7 Å². The summed E-state index contributed by atoms with van der Waals surface area (Å²) in [5, 5.41) is 5.68. The minimum atomic E-state index is -3.64. The Morgan fingerprint density at radius 3 is 2.33 bits per heavy atom. The van der Waals surface area contributed by atoms with E-state index in [2.05, 4.69) is 17.6 Å². The van der Waals surface area contributed by atoms with E-state index in [-0.39, 0.29) is 34.8 Å². The molecule has 2 amide bonds. The number of carbonyl (C=O) groups is 2. The molecule has 2 aromatic rings. The van der Waals surface area contributed by atoms with E-state index in [0.29, 0.717) is 42.9 Å². The van der Waals surface area contributed by atoms with Gasteiger partial charge < -0.3 is 15.4 Å². The molecular formula is C24H29N3O5S. The zero-order chi connectivity index (χ0) is 23.8. The van der Waals surface area contributed by atoms with Crippen LogP contribution in [-0.4, -0.2) is 49.8 Å². The van der Waals surface area contributed by atoms with Crippen molar-refractivity contribution in [2.45, 2.75) is 56.6 Å². The molecule has 2 aliphatic heterocycles. The second-order valence-electron chi connectivity index (χ2n) is 8.69. The number of ether oxygens (including phenoxy) is 1. The molecule has 8 nitrogen and oxygen atoms in total. The van der Waals surface area contributed by atoms with Crippen LogP contribution in [0.3, 0.4) is 0 Å². The summed E-state index contributed by atoms with van der Waals surface area (Å²) in [6.45, 7) is 6.11. The van der Waals surface area contributed by atoms with E-state index in [4.69, 9.17) is 4.74 Å². The molecule has 2 N–H and O–H groups in total. The average Bonchev–Trinajstić information content (AvgIpc) is 3.08. The summed E-state index contributed by atoms with van der Waals surface area (Å²) in [4.78, 5) is 24.3. The Bertz CT molecular complexity index is 1160. The summed E-state index contributed by atoms with van der Waals surface area (Å²) in [6, 6.07) is 11.7. The van der Waals surface area contributed by atoms with Gasteiger partial charge in [-0.1, -0.05) is 19.1 Å². The van der Waals surface area contributed by atoms with Crippen molar-refractivity contribution >= 4 is 27.5 Å². The van der Waals surface area contributed by atoms with Gasteiger partial charge in [0.25, 0.3) is 5.91 Å². The normalized spacial score (nSPS) is 21.2. The molecule has 4 rings (SSSR count). The van der Waals surface area contributed by atoms with Crippen LogP contribution in [0.15, 0.2) is 47.4 Å². The number of hydrogen-bond acceptors (Lipinski definition) is 5. The Kier molecular flexibility index (Phi) is 6.45. The first-order chi connectivity index (χ1) is 15.7. The second-order valence-corrected chi connectivity index (χ2v) is 10.6. The summed E-state index contributed by atoms with van der Waals surface area (Å²) >= 11 is 0. The summed E-state index contributed by atoms with van der Waals surface area (Å²) in [7, 11) is -3.64. The fourth-order valence-corrected chi connectivity index (χ4v) is 5.80. The minimum absolute atomic E-state index is 0.0229. The summed E-state index contributed by atoms with van der Waals surface area (Å²) in [5.74, 6) is 0.472.